The van der Waals surface area contributed by atoms with Crippen molar-refractivity contribution in [1.82, 2.24) is 5.32 Å². The first-order valence-corrected chi connectivity index (χ1v) is 4.87. The van der Waals surface area contributed by atoms with E-state index in [1.54, 1.807) is 0 Å². The molecule has 1 fully saturated rings. The van der Waals surface area contributed by atoms with E-state index in [-0.39, 0.29) is 5.60 Å². The summed E-state index contributed by atoms with van der Waals surface area (Å²) < 4.78 is 5.57. The molecule has 1 atom stereocenters. The molecule has 1 unspecified atom stereocenters. The Kier molecular flexibility index (Phi) is 3.13. The first-order chi connectivity index (χ1) is 5.49. The van der Waals surface area contributed by atoms with Gasteiger partial charge in [0.15, 0.2) is 0 Å². The lowest BCUT2D eigenvalue weighted by Crippen LogP contribution is -2.47. The van der Waals surface area contributed by atoms with Crippen LogP contribution in [-0.4, -0.2) is 18.4 Å². The summed E-state index contributed by atoms with van der Waals surface area (Å²) >= 11 is 0. The fourth-order valence-corrected chi connectivity index (χ4v) is 1.82. The van der Waals surface area contributed by atoms with Crippen LogP contribution in [0.25, 0.3) is 0 Å². The summed E-state index contributed by atoms with van der Waals surface area (Å²) in [6, 6.07) is 0.647. The van der Waals surface area contributed by atoms with Crippen LogP contribution in [0.3, 0.4) is 0 Å². The molecular weight excluding hydrogens is 150 g/mol. The third-order valence-corrected chi connectivity index (χ3v) is 2.33. The quantitative estimate of drug-likeness (QED) is 0.687. The normalized spacial score (nSPS) is 29.2. The summed E-state index contributed by atoms with van der Waals surface area (Å²) in [7, 11) is 0. The van der Waals surface area contributed by atoms with Crippen LogP contribution in [0.5, 0.6) is 0 Å². The fourth-order valence-electron chi connectivity index (χ4n) is 1.82. The van der Waals surface area contributed by atoms with Crippen LogP contribution in [0.15, 0.2) is 0 Å². The Morgan fingerprint density at radius 2 is 2.17 bits per heavy atom. The third-order valence-electron chi connectivity index (χ3n) is 2.33. The first-order valence-electron chi connectivity index (χ1n) is 4.87. The van der Waals surface area contributed by atoms with Crippen LogP contribution < -0.4 is 5.32 Å². The van der Waals surface area contributed by atoms with Gasteiger partial charge in [0, 0.05) is 6.04 Å². The van der Waals surface area contributed by atoms with E-state index in [0.29, 0.717) is 12.8 Å². The maximum atomic E-state index is 5.57. The molecule has 0 aromatic rings. The summed E-state index contributed by atoms with van der Waals surface area (Å²) in [5.41, 5.74) is 0.0742. The number of hydrogen-bond donors (Lipinski definition) is 1. The molecule has 1 saturated heterocycles. The van der Waals surface area contributed by atoms with Crippen molar-refractivity contribution in [1.29, 1.82) is 0 Å². The molecule has 0 aromatic heterocycles. The van der Waals surface area contributed by atoms with Gasteiger partial charge >= 0.3 is 0 Å². The van der Waals surface area contributed by atoms with Gasteiger partial charge in [-0.25, -0.2) is 0 Å². The minimum Gasteiger partial charge on any atom is -0.360 e. The highest BCUT2D eigenvalue weighted by molar-refractivity contribution is 4.82. The minimum absolute atomic E-state index is 0.0742. The predicted molar refractivity (Wildman–Crippen MR) is 51.0 cm³/mol. The summed E-state index contributed by atoms with van der Waals surface area (Å²) in [6.45, 7) is 9.58. The maximum absolute atomic E-state index is 5.57. The highest BCUT2D eigenvalue weighted by Gasteiger charge is 2.28. The van der Waals surface area contributed by atoms with E-state index in [4.69, 9.17) is 4.74 Å². The van der Waals surface area contributed by atoms with Crippen molar-refractivity contribution >= 4 is 0 Å². The molecule has 2 nitrogen and oxygen atoms in total. The number of ether oxygens (including phenoxy) is 1. The Morgan fingerprint density at radius 3 is 2.67 bits per heavy atom. The second-order valence-corrected chi connectivity index (χ2v) is 4.78. The van der Waals surface area contributed by atoms with Gasteiger partial charge in [-0.05, 0) is 32.6 Å². The van der Waals surface area contributed by atoms with Gasteiger partial charge < -0.3 is 4.74 Å². The van der Waals surface area contributed by atoms with Crippen LogP contribution >= 0.6 is 0 Å². The molecule has 0 amide bonds. The second-order valence-electron chi connectivity index (χ2n) is 4.78. The van der Waals surface area contributed by atoms with E-state index < -0.39 is 0 Å². The standard InChI is InChI=1S/C10H21NO/c1-8(2)5-9-6-10(3,4)12-7-11-9/h8-9,11H,5-7H2,1-4H3. The van der Waals surface area contributed by atoms with Gasteiger partial charge in [-0.3, -0.25) is 5.32 Å². The van der Waals surface area contributed by atoms with E-state index in [2.05, 4.69) is 33.0 Å². The molecule has 72 valence electrons. The van der Waals surface area contributed by atoms with E-state index >= 15 is 0 Å². The van der Waals surface area contributed by atoms with E-state index in [1.165, 1.54) is 6.42 Å². The third kappa shape index (κ3) is 3.11. The SMILES string of the molecule is CC(C)CC1CC(C)(C)OCN1. The van der Waals surface area contributed by atoms with Crippen LogP contribution in [0.1, 0.15) is 40.5 Å². The Hall–Kier alpha value is -0.0800. The maximum Gasteiger partial charge on any atom is 0.0974 e. The molecule has 0 aromatic carbocycles. The van der Waals surface area contributed by atoms with Crippen LogP contribution in [0.4, 0.5) is 0 Å². The largest absolute Gasteiger partial charge is 0.360 e. The summed E-state index contributed by atoms with van der Waals surface area (Å²) in [5, 5.41) is 3.38. The lowest BCUT2D eigenvalue weighted by Gasteiger charge is -2.37. The summed E-state index contributed by atoms with van der Waals surface area (Å²) in [4.78, 5) is 0. The number of rotatable bonds is 2. The van der Waals surface area contributed by atoms with Crippen molar-refractivity contribution in [2.75, 3.05) is 6.73 Å². The first kappa shape index (κ1) is 10.0. The average molecular weight is 171 g/mol. The Morgan fingerprint density at radius 1 is 1.50 bits per heavy atom. The van der Waals surface area contributed by atoms with Gasteiger partial charge in [-0.2, -0.15) is 0 Å². The van der Waals surface area contributed by atoms with Gasteiger partial charge in [0.2, 0.25) is 0 Å². The summed E-state index contributed by atoms with van der Waals surface area (Å²) in [5.74, 6) is 0.774. The Labute approximate surface area is 75.7 Å². The van der Waals surface area contributed by atoms with Crippen molar-refractivity contribution in [2.24, 2.45) is 5.92 Å². The zero-order chi connectivity index (χ0) is 9.19. The molecule has 12 heavy (non-hydrogen) atoms. The molecule has 1 N–H and O–H groups in total. The lowest BCUT2D eigenvalue weighted by atomic mass is 9.92. The van der Waals surface area contributed by atoms with Gasteiger partial charge in [0.1, 0.15) is 0 Å². The van der Waals surface area contributed by atoms with E-state index in [9.17, 15) is 0 Å². The van der Waals surface area contributed by atoms with Gasteiger partial charge in [-0.15, -0.1) is 0 Å². The molecule has 0 aliphatic carbocycles. The van der Waals surface area contributed by atoms with E-state index in [0.717, 1.165) is 12.3 Å². The topological polar surface area (TPSA) is 21.3 Å². The fraction of sp³-hybridized carbons (Fsp3) is 1.00. The average Bonchev–Trinajstić information content (AvgIpc) is 1.82. The van der Waals surface area contributed by atoms with Crippen LogP contribution in [-0.2, 0) is 4.74 Å². The molecule has 2 heteroatoms. The molecule has 0 radical (unpaired) electrons. The number of hydrogen-bond acceptors (Lipinski definition) is 2. The molecule has 1 aliphatic rings. The monoisotopic (exact) mass is 171 g/mol. The van der Waals surface area contributed by atoms with Gasteiger partial charge in [-0.1, -0.05) is 13.8 Å². The highest BCUT2D eigenvalue weighted by Crippen LogP contribution is 2.23. The van der Waals surface area contributed by atoms with Crippen molar-refractivity contribution in [2.45, 2.75) is 52.2 Å². The molecule has 0 saturated carbocycles. The van der Waals surface area contributed by atoms with Gasteiger partial charge in [0.25, 0.3) is 0 Å². The highest BCUT2D eigenvalue weighted by atomic mass is 16.5. The number of nitrogens with one attached hydrogen (secondary N) is 1. The molecular formula is C10H21NO. The van der Waals surface area contributed by atoms with Crippen molar-refractivity contribution < 1.29 is 4.74 Å². The van der Waals surface area contributed by atoms with Crippen molar-refractivity contribution in [3.05, 3.63) is 0 Å². The predicted octanol–water partition coefficient (Wildman–Crippen LogP) is 2.15. The molecule has 1 rings (SSSR count). The van der Waals surface area contributed by atoms with Crippen LogP contribution in [0, 0.1) is 5.92 Å². The minimum atomic E-state index is 0.0742. The Balaban J connectivity index is 2.36. The molecule has 1 aliphatic heterocycles. The second kappa shape index (κ2) is 3.75. The van der Waals surface area contributed by atoms with E-state index in [1.807, 2.05) is 0 Å². The zero-order valence-electron chi connectivity index (χ0n) is 8.68. The molecule has 0 bridgehead atoms. The smallest absolute Gasteiger partial charge is 0.0974 e. The lowest BCUT2D eigenvalue weighted by molar-refractivity contribution is -0.0763. The molecule has 0 spiro atoms. The van der Waals surface area contributed by atoms with Crippen molar-refractivity contribution in [3.8, 4) is 0 Å². The van der Waals surface area contributed by atoms with Gasteiger partial charge in [0.05, 0.1) is 12.3 Å². The molecule has 1 heterocycles. The zero-order valence-corrected chi connectivity index (χ0v) is 8.68. The Bertz CT molecular complexity index is 143. The summed E-state index contributed by atoms with van der Waals surface area (Å²) in [6.07, 6.45) is 2.39. The van der Waals surface area contributed by atoms with Crippen LogP contribution in [0.2, 0.25) is 0 Å². The van der Waals surface area contributed by atoms with Crippen molar-refractivity contribution in [3.63, 3.8) is 0 Å².